The smallest absolute Gasteiger partial charge is 0.256 e. The number of aryl methyl sites for hydroxylation is 1. The number of hydrogen-bond acceptors (Lipinski definition) is 4. The van der Waals surface area contributed by atoms with Gasteiger partial charge in [-0.2, -0.15) is 5.26 Å². The summed E-state index contributed by atoms with van der Waals surface area (Å²) in [7, 11) is 0. The molecule has 0 aliphatic rings. The minimum atomic E-state index is -0.526. The first kappa shape index (κ1) is 12.8. The molecule has 5 nitrogen and oxygen atoms in total. The van der Waals surface area contributed by atoms with Gasteiger partial charge in [0.2, 0.25) is 0 Å². The van der Waals surface area contributed by atoms with Crippen LogP contribution in [-0.2, 0) is 6.54 Å². The van der Waals surface area contributed by atoms with Gasteiger partial charge in [0.05, 0.1) is 17.8 Å². The van der Waals surface area contributed by atoms with Crippen LogP contribution >= 0.6 is 0 Å². The normalized spacial score (nSPS) is 9.95. The summed E-state index contributed by atoms with van der Waals surface area (Å²) in [5, 5.41) is 14.7. The van der Waals surface area contributed by atoms with Crippen molar-refractivity contribution in [1.82, 2.24) is 10.5 Å². The highest BCUT2D eigenvalue weighted by Gasteiger charge is 2.13. The van der Waals surface area contributed by atoms with Gasteiger partial charge in [-0.1, -0.05) is 11.2 Å². The third-order valence-corrected chi connectivity index (χ3v) is 2.62. The van der Waals surface area contributed by atoms with Gasteiger partial charge in [0, 0.05) is 12.1 Å². The molecule has 0 spiro atoms. The van der Waals surface area contributed by atoms with Crippen LogP contribution in [-0.4, -0.2) is 11.1 Å². The van der Waals surface area contributed by atoms with Crippen molar-refractivity contribution in [2.24, 2.45) is 0 Å². The minimum Gasteiger partial charge on any atom is -0.361 e. The van der Waals surface area contributed by atoms with Crippen LogP contribution in [0.4, 0.5) is 4.39 Å². The zero-order valence-corrected chi connectivity index (χ0v) is 10.1. The number of nitriles is 1. The Kier molecular flexibility index (Phi) is 3.57. The van der Waals surface area contributed by atoms with E-state index in [0.717, 1.165) is 6.07 Å². The summed E-state index contributed by atoms with van der Waals surface area (Å²) in [6.07, 6.45) is 1.31. The molecule has 6 heteroatoms. The van der Waals surface area contributed by atoms with Crippen molar-refractivity contribution >= 4 is 5.91 Å². The Labute approximate surface area is 108 Å². The second-order valence-corrected chi connectivity index (χ2v) is 3.90. The van der Waals surface area contributed by atoms with Gasteiger partial charge in [-0.05, 0) is 19.1 Å². The first-order valence-electron chi connectivity index (χ1n) is 5.50. The lowest BCUT2D eigenvalue weighted by Crippen LogP contribution is -2.23. The molecule has 0 radical (unpaired) electrons. The first-order valence-corrected chi connectivity index (χ1v) is 5.50. The van der Waals surface area contributed by atoms with Crippen LogP contribution in [0, 0.1) is 24.1 Å². The molecule has 96 valence electrons. The molecule has 19 heavy (non-hydrogen) atoms. The standard InChI is InChI=1S/C13H10FN3O2/c1-8-11(7-17-19-8)13(18)16-6-10-3-2-9(5-15)4-12(10)14/h2-4,7H,6H2,1H3,(H,16,18). The molecule has 1 aromatic heterocycles. The van der Waals surface area contributed by atoms with Gasteiger partial charge in [-0.15, -0.1) is 0 Å². The predicted molar refractivity (Wildman–Crippen MR) is 63.5 cm³/mol. The second-order valence-electron chi connectivity index (χ2n) is 3.90. The average Bonchev–Trinajstić information content (AvgIpc) is 2.83. The largest absolute Gasteiger partial charge is 0.361 e. The minimum absolute atomic E-state index is 0.0288. The van der Waals surface area contributed by atoms with E-state index in [2.05, 4.69) is 10.5 Å². The topological polar surface area (TPSA) is 78.9 Å². The third-order valence-electron chi connectivity index (χ3n) is 2.62. The van der Waals surface area contributed by atoms with E-state index in [0.29, 0.717) is 16.9 Å². The van der Waals surface area contributed by atoms with E-state index in [1.807, 2.05) is 6.07 Å². The maximum absolute atomic E-state index is 13.6. The Hall–Kier alpha value is -2.68. The molecule has 0 aliphatic carbocycles. The Morgan fingerprint density at radius 3 is 2.95 bits per heavy atom. The number of rotatable bonds is 3. The number of halogens is 1. The molecule has 1 amide bonds. The molecule has 0 aliphatic heterocycles. The van der Waals surface area contributed by atoms with Crippen LogP contribution in [0.2, 0.25) is 0 Å². The van der Waals surface area contributed by atoms with Crippen LogP contribution in [0.15, 0.2) is 28.9 Å². The molecular weight excluding hydrogens is 249 g/mol. The molecule has 0 saturated heterocycles. The lowest BCUT2D eigenvalue weighted by molar-refractivity contribution is 0.0949. The first-order chi connectivity index (χ1) is 9.11. The van der Waals surface area contributed by atoms with Gasteiger partial charge >= 0.3 is 0 Å². The van der Waals surface area contributed by atoms with Crippen molar-refractivity contribution in [2.75, 3.05) is 0 Å². The number of nitrogens with zero attached hydrogens (tertiary/aromatic N) is 2. The zero-order valence-electron chi connectivity index (χ0n) is 10.1. The molecule has 0 unspecified atom stereocenters. The van der Waals surface area contributed by atoms with Gasteiger partial charge in [-0.25, -0.2) is 4.39 Å². The van der Waals surface area contributed by atoms with Crippen molar-refractivity contribution in [3.05, 3.63) is 52.7 Å². The van der Waals surface area contributed by atoms with Crippen molar-refractivity contribution < 1.29 is 13.7 Å². The highest BCUT2D eigenvalue weighted by molar-refractivity contribution is 5.94. The molecule has 1 N–H and O–H groups in total. The van der Waals surface area contributed by atoms with E-state index in [4.69, 9.17) is 9.78 Å². The quantitative estimate of drug-likeness (QED) is 0.913. The number of carbonyl (C=O) groups is 1. The van der Waals surface area contributed by atoms with Crippen LogP contribution in [0.25, 0.3) is 0 Å². The number of nitrogens with one attached hydrogen (secondary N) is 1. The summed E-state index contributed by atoms with van der Waals surface area (Å²) < 4.78 is 18.3. The maximum atomic E-state index is 13.6. The summed E-state index contributed by atoms with van der Waals surface area (Å²) >= 11 is 0. The molecule has 0 atom stereocenters. The Balaban J connectivity index is 2.06. The molecule has 0 bridgehead atoms. The molecule has 1 heterocycles. The molecule has 1 aromatic carbocycles. The van der Waals surface area contributed by atoms with E-state index >= 15 is 0 Å². The van der Waals surface area contributed by atoms with Gasteiger partial charge in [0.1, 0.15) is 17.1 Å². The predicted octanol–water partition coefficient (Wildman–Crippen LogP) is 1.92. The van der Waals surface area contributed by atoms with E-state index in [1.54, 1.807) is 6.92 Å². The van der Waals surface area contributed by atoms with Crippen molar-refractivity contribution in [2.45, 2.75) is 13.5 Å². The van der Waals surface area contributed by atoms with Crippen LogP contribution in [0.1, 0.15) is 27.2 Å². The maximum Gasteiger partial charge on any atom is 0.256 e. The monoisotopic (exact) mass is 259 g/mol. The summed E-state index contributed by atoms with van der Waals surface area (Å²) in [6, 6.07) is 5.93. The molecule has 2 aromatic rings. The fraction of sp³-hybridized carbons (Fsp3) is 0.154. The van der Waals surface area contributed by atoms with Gasteiger partial charge < -0.3 is 9.84 Å². The molecular formula is C13H10FN3O2. The average molecular weight is 259 g/mol. The van der Waals surface area contributed by atoms with Crippen LogP contribution in [0.5, 0.6) is 0 Å². The SMILES string of the molecule is Cc1oncc1C(=O)NCc1ccc(C#N)cc1F. The Morgan fingerprint density at radius 1 is 1.58 bits per heavy atom. The van der Waals surface area contributed by atoms with E-state index in [9.17, 15) is 9.18 Å². The third kappa shape index (κ3) is 2.77. The highest BCUT2D eigenvalue weighted by atomic mass is 19.1. The fourth-order valence-corrected chi connectivity index (χ4v) is 1.55. The lowest BCUT2D eigenvalue weighted by atomic mass is 10.1. The fourth-order valence-electron chi connectivity index (χ4n) is 1.55. The van der Waals surface area contributed by atoms with Crippen LogP contribution < -0.4 is 5.32 Å². The molecule has 0 fully saturated rings. The van der Waals surface area contributed by atoms with Crippen LogP contribution in [0.3, 0.4) is 0 Å². The van der Waals surface area contributed by atoms with Gasteiger partial charge in [0.25, 0.3) is 5.91 Å². The van der Waals surface area contributed by atoms with Gasteiger partial charge in [-0.3, -0.25) is 4.79 Å². The number of carbonyl (C=O) groups excluding carboxylic acids is 1. The molecule has 0 saturated carbocycles. The van der Waals surface area contributed by atoms with E-state index in [-0.39, 0.29) is 18.0 Å². The zero-order chi connectivity index (χ0) is 13.8. The number of amides is 1. The highest BCUT2D eigenvalue weighted by Crippen LogP contribution is 2.11. The Morgan fingerprint density at radius 2 is 2.37 bits per heavy atom. The van der Waals surface area contributed by atoms with Crippen molar-refractivity contribution in [3.8, 4) is 6.07 Å². The number of hydrogen-bond donors (Lipinski definition) is 1. The summed E-state index contributed by atoms with van der Waals surface area (Å²) in [4.78, 5) is 11.7. The Bertz CT molecular complexity index is 658. The van der Waals surface area contributed by atoms with Gasteiger partial charge in [0.15, 0.2) is 0 Å². The summed E-state index contributed by atoms with van der Waals surface area (Å²) in [6.45, 7) is 1.64. The summed E-state index contributed by atoms with van der Waals surface area (Å²) in [5.74, 6) is -0.512. The van der Waals surface area contributed by atoms with E-state index in [1.165, 1.54) is 18.3 Å². The summed E-state index contributed by atoms with van der Waals surface area (Å²) in [5.41, 5.74) is 0.859. The molecule has 2 rings (SSSR count). The lowest BCUT2D eigenvalue weighted by Gasteiger charge is -2.05. The van der Waals surface area contributed by atoms with E-state index < -0.39 is 5.82 Å². The second kappa shape index (κ2) is 5.31. The number of aromatic nitrogens is 1. The number of benzene rings is 1. The van der Waals surface area contributed by atoms with Crippen molar-refractivity contribution in [1.29, 1.82) is 5.26 Å². The van der Waals surface area contributed by atoms with Crippen molar-refractivity contribution in [3.63, 3.8) is 0 Å².